The lowest BCUT2D eigenvalue weighted by Crippen LogP contribution is -2.50. The number of ether oxygens (including phenoxy) is 2. The number of anilines is 2. The molecule has 2 N–H and O–H groups in total. The van der Waals surface area contributed by atoms with Gasteiger partial charge in [0.1, 0.15) is 11.5 Å². The Hall–Kier alpha value is -4.27. The highest BCUT2D eigenvalue weighted by Gasteiger charge is 2.38. The molecule has 9 nitrogen and oxygen atoms in total. The second-order valence-electron chi connectivity index (χ2n) is 9.52. The van der Waals surface area contributed by atoms with Crippen LogP contribution in [0.15, 0.2) is 65.5 Å². The number of hydrogen-bond acceptors (Lipinski definition) is 5. The van der Waals surface area contributed by atoms with Gasteiger partial charge in [-0.15, -0.1) is 0 Å². The Labute approximate surface area is 215 Å². The van der Waals surface area contributed by atoms with Crippen molar-refractivity contribution in [3.63, 3.8) is 0 Å². The van der Waals surface area contributed by atoms with Crippen molar-refractivity contribution in [1.29, 1.82) is 0 Å². The van der Waals surface area contributed by atoms with Gasteiger partial charge in [0.05, 0.1) is 26.3 Å². The third kappa shape index (κ3) is 5.30. The number of carbonyl (C=O) groups excluding carboxylic acids is 2. The molecule has 1 fully saturated rings. The Balaban J connectivity index is 1.32. The summed E-state index contributed by atoms with van der Waals surface area (Å²) in [7, 11) is 3.20. The lowest BCUT2D eigenvalue weighted by atomic mass is 9.82. The number of urea groups is 1. The molecular formula is C28H30N4O5. The average molecular weight is 503 g/mol. The van der Waals surface area contributed by atoms with Crippen LogP contribution >= 0.6 is 0 Å². The van der Waals surface area contributed by atoms with Gasteiger partial charge >= 0.3 is 6.03 Å². The van der Waals surface area contributed by atoms with Gasteiger partial charge in [-0.1, -0.05) is 12.1 Å². The molecule has 3 aromatic rings. The lowest BCUT2D eigenvalue weighted by molar-refractivity contribution is -0.115. The topological polar surface area (TPSA) is 102 Å². The fourth-order valence-corrected chi connectivity index (χ4v) is 5.29. The van der Waals surface area contributed by atoms with Crippen molar-refractivity contribution in [3.05, 3.63) is 82.3 Å². The molecule has 2 aliphatic rings. The van der Waals surface area contributed by atoms with Crippen LogP contribution in [0.5, 0.6) is 11.5 Å². The average Bonchev–Trinajstić information content (AvgIpc) is 2.91. The number of carbonyl (C=O) groups is 2. The Kier molecular flexibility index (Phi) is 6.85. The molecule has 0 aliphatic carbocycles. The first-order valence-electron chi connectivity index (χ1n) is 12.3. The summed E-state index contributed by atoms with van der Waals surface area (Å²) in [5, 5.41) is 5.97. The van der Waals surface area contributed by atoms with Crippen LogP contribution in [-0.4, -0.2) is 48.7 Å². The second-order valence-corrected chi connectivity index (χ2v) is 9.52. The van der Waals surface area contributed by atoms with Gasteiger partial charge in [0.25, 0.3) is 5.56 Å². The number of hydrogen-bond donors (Lipinski definition) is 2. The molecule has 0 spiro atoms. The van der Waals surface area contributed by atoms with E-state index in [1.54, 1.807) is 54.0 Å². The van der Waals surface area contributed by atoms with Crippen molar-refractivity contribution in [2.45, 2.75) is 25.3 Å². The maximum absolute atomic E-state index is 13.1. The Morgan fingerprint density at radius 3 is 2.22 bits per heavy atom. The molecule has 0 radical (unpaired) electrons. The summed E-state index contributed by atoms with van der Waals surface area (Å²) in [5.74, 6) is 1.39. The van der Waals surface area contributed by atoms with Crippen LogP contribution in [0.25, 0.3) is 0 Å². The smallest absolute Gasteiger partial charge is 0.321 e. The van der Waals surface area contributed by atoms with Gasteiger partial charge in [0.15, 0.2) is 0 Å². The molecule has 1 aromatic heterocycles. The van der Waals surface area contributed by atoms with Crippen LogP contribution in [0.4, 0.5) is 16.2 Å². The predicted octanol–water partition coefficient (Wildman–Crippen LogP) is 3.70. The molecule has 2 aromatic carbocycles. The Bertz CT molecular complexity index is 1350. The zero-order valence-electron chi connectivity index (χ0n) is 20.9. The van der Waals surface area contributed by atoms with Crippen LogP contribution in [0.3, 0.4) is 0 Å². The molecule has 2 bridgehead atoms. The van der Waals surface area contributed by atoms with Crippen molar-refractivity contribution in [2.24, 2.45) is 5.92 Å². The molecule has 0 saturated carbocycles. The zero-order valence-corrected chi connectivity index (χ0v) is 20.9. The van der Waals surface area contributed by atoms with Gasteiger partial charge < -0.3 is 29.6 Å². The highest BCUT2D eigenvalue weighted by molar-refractivity contribution is 5.93. The van der Waals surface area contributed by atoms with Gasteiger partial charge in [-0.3, -0.25) is 9.59 Å². The van der Waals surface area contributed by atoms with Crippen molar-refractivity contribution >= 4 is 23.3 Å². The number of piperidine rings is 1. The first kappa shape index (κ1) is 24.4. The fraction of sp³-hybridized carbons (Fsp3) is 0.321. The normalized spacial score (nSPS) is 17.9. The van der Waals surface area contributed by atoms with Gasteiger partial charge in [-0.25, -0.2) is 4.79 Å². The largest absolute Gasteiger partial charge is 0.497 e. The lowest BCUT2D eigenvalue weighted by Gasteiger charge is -2.43. The van der Waals surface area contributed by atoms with Gasteiger partial charge in [0.2, 0.25) is 5.91 Å². The monoisotopic (exact) mass is 502 g/mol. The first-order valence-corrected chi connectivity index (χ1v) is 12.3. The Morgan fingerprint density at radius 1 is 0.865 bits per heavy atom. The molecule has 192 valence electrons. The molecule has 37 heavy (non-hydrogen) atoms. The summed E-state index contributed by atoms with van der Waals surface area (Å²) in [4.78, 5) is 40.5. The minimum atomic E-state index is -0.184. The number of fused-ring (bicyclic) bond motifs is 4. The van der Waals surface area contributed by atoms with Gasteiger partial charge in [0, 0.05) is 43.0 Å². The molecular weight excluding hydrogens is 472 g/mol. The molecule has 3 heterocycles. The summed E-state index contributed by atoms with van der Waals surface area (Å²) in [6, 6.07) is 17.5. The van der Waals surface area contributed by atoms with E-state index in [0.717, 1.165) is 23.4 Å². The summed E-state index contributed by atoms with van der Waals surface area (Å²) < 4.78 is 12.1. The second kappa shape index (κ2) is 10.4. The van der Waals surface area contributed by atoms with E-state index < -0.39 is 0 Å². The van der Waals surface area contributed by atoms with E-state index in [2.05, 4.69) is 10.6 Å². The maximum atomic E-state index is 13.1. The van der Waals surface area contributed by atoms with E-state index in [1.807, 2.05) is 24.3 Å². The SMILES string of the molecule is COc1ccc(CC(=O)Nc2ccc(=O)n3c2C2CC(CN(C(=O)Nc4ccc(OC)cc4)C2)C3)cc1. The molecule has 9 heteroatoms. The third-order valence-corrected chi connectivity index (χ3v) is 7.02. The Morgan fingerprint density at radius 2 is 1.54 bits per heavy atom. The molecule has 3 amide bonds. The minimum absolute atomic E-state index is 0.0562. The molecule has 2 unspecified atom stereocenters. The van der Waals surface area contributed by atoms with E-state index in [-0.39, 0.29) is 35.8 Å². The fourth-order valence-electron chi connectivity index (χ4n) is 5.29. The molecule has 2 atom stereocenters. The van der Waals surface area contributed by atoms with Crippen molar-refractivity contribution < 1.29 is 19.1 Å². The van der Waals surface area contributed by atoms with E-state index in [1.165, 1.54) is 6.07 Å². The number of methoxy groups -OCH3 is 2. The van der Waals surface area contributed by atoms with E-state index >= 15 is 0 Å². The van der Waals surface area contributed by atoms with Gasteiger partial charge in [-0.05, 0) is 60.4 Å². The van der Waals surface area contributed by atoms with Gasteiger partial charge in [-0.2, -0.15) is 0 Å². The van der Waals surface area contributed by atoms with Crippen LogP contribution in [0, 0.1) is 5.92 Å². The number of nitrogens with zero attached hydrogens (tertiary/aromatic N) is 2. The van der Waals surface area contributed by atoms with E-state index in [4.69, 9.17) is 9.47 Å². The number of rotatable bonds is 6. The molecule has 5 rings (SSSR count). The zero-order chi connectivity index (χ0) is 25.9. The highest BCUT2D eigenvalue weighted by atomic mass is 16.5. The summed E-state index contributed by atoms with van der Waals surface area (Å²) in [6.07, 6.45) is 1.06. The number of likely N-dealkylation sites (tertiary alicyclic amines) is 1. The molecule has 1 saturated heterocycles. The quantitative estimate of drug-likeness (QED) is 0.535. The van der Waals surface area contributed by atoms with Crippen molar-refractivity contribution in [1.82, 2.24) is 9.47 Å². The number of nitrogens with one attached hydrogen (secondary N) is 2. The highest BCUT2D eigenvalue weighted by Crippen LogP contribution is 2.38. The van der Waals surface area contributed by atoms with Crippen molar-refractivity contribution in [2.75, 3.05) is 37.9 Å². The summed E-state index contributed by atoms with van der Waals surface area (Å²) >= 11 is 0. The van der Waals surface area contributed by atoms with E-state index in [9.17, 15) is 14.4 Å². The van der Waals surface area contributed by atoms with Crippen LogP contribution in [0.1, 0.15) is 23.6 Å². The number of amides is 3. The number of aromatic nitrogens is 1. The standard InChI is InChI=1S/C28H30N4O5/c1-36-22-7-3-18(4-8-22)14-25(33)30-24-11-12-26(34)32-16-19-13-20(27(24)32)17-31(15-19)28(35)29-21-5-9-23(37-2)10-6-21/h3-12,19-20H,13-17H2,1-2H3,(H,29,35)(H,30,33). The first-order chi connectivity index (χ1) is 17.9. The van der Waals surface area contributed by atoms with Crippen molar-refractivity contribution in [3.8, 4) is 11.5 Å². The van der Waals surface area contributed by atoms with Crippen LogP contribution in [-0.2, 0) is 17.8 Å². The number of pyridine rings is 1. The maximum Gasteiger partial charge on any atom is 0.321 e. The summed E-state index contributed by atoms with van der Waals surface area (Å²) in [6.45, 7) is 1.54. The van der Waals surface area contributed by atoms with E-state index in [0.29, 0.717) is 36.8 Å². The van der Waals surface area contributed by atoms with Crippen LogP contribution < -0.4 is 25.7 Å². The molecule has 2 aliphatic heterocycles. The predicted molar refractivity (Wildman–Crippen MR) is 140 cm³/mol. The summed E-state index contributed by atoms with van der Waals surface area (Å²) in [5.41, 5.74) is 2.87. The third-order valence-electron chi connectivity index (χ3n) is 7.02. The van der Waals surface area contributed by atoms with Crippen LogP contribution in [0.2, 0.25) is 0 Å². The number of benzene rings is 2. The minimum Gasteiger partial charge on any atom is -0.497 e.